The van der Waals surface area contributed by atoms with Gasteiger partial charge >= 0.3 is 0 Å². The molecule has 0 aliphatic heterocycles. The van der Waals surface area contributed by atoms with Crippen LogP contribution in [0.5, 0.6) is 0 Å². The smallest absolute Gasteiger partial charge is 0.221 e. The maximum atomic E-state index is 5.49. The zero-order valence-corrected chi connectivity index (χ0v) is 9.17. The van der Waals surface area contributed by atoms with E-state index in [-0.39, 0.29) is 0 Å². The van der Waals surface area contributed by atoms with Gasteiger partial charge in [0.05, 0.1) is 6.42 Å². The molecule has 0 aliphatic rings. The third-order valence-electron chi connectivity index (χ3n) is 2.01. The average molecular weight is 223 g/mol. The highest BCUT2D eigenvalue weighted by Gasteiger charge is 2.06. The predicted molar refractivity (Wildman–Crippen MR) is 58.8 cm³/mol. The van der Waals surface area contributed by atoms with E-state index in [0.29, 0.717) is 18.3 Å². The molecule has 0 saturated carbocycles. The van der Waals surface area contributed by atoms with Gasteiger partial charge in [0, 0.05) is 11.3 Å². The number of hydrogen-bond acceptors (Lipinski definition) is 5. The van der Waals surface area contributed by atoms with Crippen molar-refractivity contribution in [3.8, 4) is 0 Å². The highest BCUT2D eigenvalue weighted by molar-refractivity contribution is 7.09. The van der Waals surface area contributed by atoms with E-state index in [2.05, 4.69) is 16.3 Å². The van der Waals surface area contributed by atoms with E-state index in [1.54, 1.807) is 11.3 Å². The standard InChI is InChI=1S/C10H13N3OS/c11-5-1-4-9-12-13-10(14-9)7-8-3-2-6-15-8/h2-3,6H,1,4-5,7,11H2. The topological polar surface area (TPSA) is 64.9 Å². The lowest BCUT2D eigenvalue weighted by atomic mass is 10.3. The lowest BCUT2D eigenvalue weighted by Gasteiger charge is -1.91. The van der Waals surface area contributed by atoms with Crippen molar-refractivity contribution in [1.29, 1.82) is 0 Å². The maximum Gasteiger partial charge on any atom is 0.221 e. The lowest BCUT2D eigenvalue weighted by Crippen LogP contribution is -2.00. The fourth-order valence-electron chi connectivity index (χ4n) is 1.28. The number of thiophene rings is 1. The average Bonchev–Trinajstić information content (AvgIpc) is 2.87. The fraction of sp³-hybridized carbons (Fsp3) is 0.400. The van der Waals surface area contributed by atoms with E-state index in [0.717, 1.165) is 19.3 Å². The molecule has 0 bridgehead atoms. The van der Waals surface area contributed by atoms with Crippen molar-refractivity contribution in [2.24, 2.45) is 5.73 Å². The Kier molecular flexibility index (Phi) is 3.47. The molecule has 2 aromatic rings. The summed E-state index contributed by atoms with van der Waals surface area (Å²) in [5.74, 6) is 1.37. The Morgan fingerprint density at radius 1 is 1.33 bits per heavy atom. The summed E-state index contributed by atoms with van der Waals surface area (Å²) >= 11 is 1.70. The summed E-state index contributed by atoms with van der Waals surface area (Å²) < 4.78 is 5.49. The van der Waals surface area contributed by atoms with Crippen LogP contribution in [0.25, 0.3) is 0 Å². The van der Waals surface area contributed by atoms with Gasteiger partial charge in [0.1, 0.15) is 0 Å². The molecule has 80 valence electrons. The number of nitrogens with zero attached hydrogens (tertiary/aromatic N) is 2. The van der Waals surface area contributed by atoms with Gasteiger partial charge in [-0.05, 0) is 24.4 Å². The third kappa shape index (κ3) is 2.87. The summed E-state index contributed by atoms with van der Waals surface area (Å²) in [7, 11) is 0. The lowest BCUT2D eigenvalue weighted by molar-refractivity contribution is 0.454. The zero-order chi connectivity index (χ0) is 10.5. The van der Waals surface area contributed by atoms with Gasteiger partial charge in [-0.3, -0.25) is 0 Å². The molecule has 0 aromatic carbocycles. The second kappa shape index (κ2) is 5.04. The van der Waals surface area contributed by atoms with E-state index in [1.807, 2.05) is 11.4 Å². The summed E-state index contributed by atoms with van der Waals surface area (Å²) in [6.45, 7) is 0.655. The van der Waals surface area contributed by atoms with Gasteiger partial charge in [-0.25, -0.2) is 0 Å². The van der Waals surface area contributed by atoms with Crippen LogP contribution in [0.4, 0.5) is 0 Å². The normalized spacial score (nSPS) is 10.7. The Morgan fingerprint density at radius 3 is 2.93 bits per heavy atom. The Balaban J connectivity index is 1.95. The number of rotatable bonds is 5. The highest BCUT2D eigenvalue weighted by Crippen LogP contribution is 2.14. The van der Waals surface area contributed by atoms with Crippen molar-refractivity contribution in [3.63, 3.8) is 0 Å². The first-order chi connectivity index (χ1) is 7.38. The van der Waals surface area contributed by atoms with Gasteiger partial charge in [0.2, 0.25) is 11.8 Å². The van der Waals surface area contributed by atoms with Crippen LogP contribution < -0.4 is 5.73 Å². The summed E-state index contributed by atoms with van der Waals surface area (Å²) in [6.07, 6.45) is 2.39. The van der Waals surface area contributed by atoms with Crippen molar-refractivity contribution >= 4 is 11.3 Å². The molecular formula is C10H13N3OS. The molecule has 2 heterocycles. The van der Waals surface area contributed by atoms with Crippen molar-refractivity contribution in [1.82, 2.24) is 10.2 Å². The predicted octanol–water partition coefficient (Wildman–Crippen LogP) is 1.61. The molecule has 0 radical (unpaired) electrons. The minimum atomic E-state index is 0.655. The van der Waals surface area contributed by atoms with Crippen molar-refractivity contribution in [2.45, 2.75) is 19.3 Å². The minimum absolute atomic E-state index is 0.655. The first-order valence-electron chi connectivity index (χ1n) is 4.92. The second-order valence-electron chi connectivity index (χ2n) is 3.24. The SMILES string of the molecule is NCCCc1nnc(Cc2cccs2)o1. The zero-order valence-electron chi connectivity index (χ0n) is 8.35. The maximum absolute atomic E-state index is 5.49. The minimum Gasteiger partial charge on any atom is -0.425 e. The Morgan fingerprint density at radius 2 is 2.20 bits per heavy atom. The molecule has 0 fully saturated rings. The van der Waals surface area contributed by atoms with Gasteiger partial charge < -0.3 is 10.2 Å². The highest BCUT2D eigenvalue weighted by atomic mass is 32.1. The van der Waals surface area contributed by atoms with Crippen molar-refractivity contribution in [3.05, 3.63) is 34.2 Å². The summed E-state index contributed by atoms with van der Waals surface area (Å²) in [5, 5.41) is 10.0. The summed E-state index contributed by atoms with van der Waals surface area (Å²) in [6, 6.07) is 4.08. The molecular weight excluding hydrogens is 210 g/mol. The van der Waals surface area contributed by atoms with E-state index in [1.165, 1.54) is 4.88 Å². The number of aryl methyl sites for hydroxylation is 1. The monoisotopic (exact) mass is 223 g/mol. The molecule has 2 rings (SSSR count). The Bertz CT molecular complexity index is 396. The van der Waals surface area contributed by atoms with Gasteiger partial charge in [0.15, 0.2) is 0 Å². The van der Waals surface area contributed by atoms with Gasteiger partial charge in [0.25, 0.3) is 0 Å². The Hall–Kier alpha value is -1.20. The summed E-state index contributed by atoms with van der Waals surface area (Å²) in [5.41, 5.74) is 5.40. The van der Waals surface area contributed by atoms with E-state index in [9.17, 15) is 0 Å². The van der Waals surface area contributed by atoms with Gasteiger partial charge in [-0.15, -0.1) is 21.5 Å². The number of hydrogen-bond donors (Lipinski definition) is 1. The number of aromatic nitrogens is 2. The first-order valence-corrected chi connectivity index (χ1v) is 5.80. The van der Waals surface area contributed by atoms with Crippen LogP contribution in [0.3, 0.4) is 0 Å². The van der Waals surface area contributed by atoms with Crippen molar-refractivity contribution < 1.29 is 4.42 Å². The van der Waals surface area contributed by atoms with Crippen LogP contribution >= 0.6 is 11.3 Å². The van der Waals surface area contributed by atoms with Crippen LogP contribution in [0.15, 0.2) is 21.9 Å². The molecule has 5 heteroatoms. The molecule has 2 N–H and O–H groups in total. The van der Waals surface area contributed by atoms with Gasteiger partial charge in [-0.2, -0.15) is 0 Å². The molecule has 2 aromatic heterocycles. The van der Waals surface area contributed by atoms with E-state index < -0.39 is 0 Å². The van der Waals surface area contributed by atoms with Crippen LogP contribution in [-0.4, -0.2) is 16.7 Å². The van der Waals surface area contributed by atoms with Crippen molar-refractivity contribution in [2.75, 3.05) is 6.54 Å². The first kappa shape index (κ1) is 10.3. The molecule has 0 unspecified atom stereocenters. The van der Waals surface area contributed by atoms with Crippen LogP contribution in [0.2, 0.25) is 0 Å². The molecule has 15 heavy (non-hydrogen) atoms. The Labute approximate surface area is 92.1 Å². The van der Waals surface area contributed by atoms with Crippen LogP contribution in [0.1, 0.15) is 23.1 Å². The second-order valence-corrected chi connectivity index (χ2v) is 4.27. The third-order valence-corrected chi connectivity index (χ3v) is 2.89. The van der Waals surface area contributed by atoms with E-state index >= 15 is 0 Å². The number of nitrogens with two attached hydrogens (primary N) is 1. The largest absolute Gasteiger partial charge is 0.425 e. The molecule has 4 nitrogen and oxygen atoms in total. The molecule has 0 amide bonds. The van der Waals surface area contributed by atoms with E-state index in [4.69, 9.17) is 10.2 Å². The fourth-order valence-corrected chi connectivity index (χ4v) is 1.97. The quantitative estimate of drug-likeness (QED) is 0.836. The van der Waals surface area contributed by atoms with Gasteiger partial charge in [-0.1, -0.05) is 6.07 Å². The molecule has 0 atom stereocenters. The van der Waals surface area contributed by atoms with Crippen LogP contribution in [0, 0.1) is 0 Å². The molecule has 0 aliphatic carbocycles. The summed E-state index contributed by atoms with van der Waals surface area (Å²) in [4.78, 5) is 1.24. The molecule has 0 saturated heterocycles. The van der Waals surface area contributed by atoms with Crippen LogP contribution in [-0.2, 0) is 12.8 Å². The molecule has 0 spiro atoms.